The summed E-state index contributed by atoms with van der Waals surface area (Å²) in [6.45, 7) is 9.55. The Morgan fingerprint density at radius 2 is 1.77 bits per heavy atom. The van der Waals surface area contributed by atoms with Gasteiger partial charge in [0.25, 0.3) is 5.56 Å². The van der Waals surface area contributed by atoms with Crippen LogP contribution in [0.15, 0.2) is 64.5 Å². The van der Waals surface area contributed by atoms with Gasteiger partial charge >= 0.3 is 0 Å². The molecule has 158 valence electrons. The summed E-state index contributed by atoms with van der Waals surface area (Å²) in [4.78, 5) is 32.0. The minimum absolute atomic E-state index is 0.0506. The van der Waals surface area contributed by atoms with Gasteiger partial charge in [0.1, 0.15) is 0 Å². The van der Waals surface area contributed by atoms with Crippen LogP contribution < -0.4 is 15.8 Å². The second-order valence-electron chi connectivity index (χ2n) is 7.19. The number of para-hydroxylation sites is 2. The lowest BCUT2D eigenvalue weighted by atomic mass is 10.2. The zero-order valence-corrected chi connectivity index (χ0v) is 18.5. The highest BCUT2D eigenvalue weighted by atomic mass is 32.2. The molecular formula is C23H29N4O2S+. The van der Waals surface area contributed by atoms with Crippen molar-refractivity contribution in [2.45, 2.75) is 37.7 Å². The SMILES string of the molecule is CC[NH+](CC)CCn1c(S[C@@H](C)C(=O)Nc2ccccc2)nc2ccccc2c1=O. The van der Waals surface area contributed by atoms with Crippen molar-refractivity contribution in [3.8, 4) is 0 Å². The average Bonchev–Trinajstić information content (AvgIpc) is 2.76. The summed E-state index contributed by atoms with van der Waals surface area (Å²) in [5.41, 5.74) is 1.36. The molecule has 3 aromatic rings. The number of aromatic nitrogens is 2. The van der Waals surface area contributed by atoms with Gasteiger partial charge in [-0.15, -0.1) is 0 Å². The van der Waals surface area contributed by atoms with Crippen LogP contribution in [0.4, 0.5) is 5.69 Å². The largest absolute Gasteiger partial charge is 0.334 e. The minimum Gasteiger partial charge on any atom is -0.334 e. The average molecular weight is 426 g/mol. The maximum atomic E-state index is 13.2. The number of hydrogen-bond acceptors (Lipinski definition) is 4. The number of likely N-dealkylation sites (N-methyl/N-ethyl adjacent to an activating group) is 1. The van der Waals surface area contributed by atoms with Crippen LogP contribution in [0.1, 0.15) is 20.8 Å². The number of thioether (sulfide) groups is 1. The number of nitrogens with one attached hydrogen (secondary N) is 2. The molecule has 0 spiro atoms. The molecule has 0 fully saturated rings. The molecule has 6 nitrogen and oxygen atoms in total. The summed E-state index contributed by atoms with van der Waals surface area (Å²) in [6.07, 6.45) is 0. The number of hydrogen-bond donors (Lipinski definition) is 2. The molecule has 30 heavy (non-hydrogen) atoms. The quantitative estimate of drug-likeness (QED) is 0.408. The fourth-order valence-electron chi connectivity index (χ4n) is 3.29. The minimum atomic E-state index is -0.398. The fraction of sp³-hybridized carbons (Fsp3) is 0.348. The van der Waals surface area contributed by atoms with Crippen molar-refractivity contribution >= 4 is 34.3 Å². The first kappa shape index (κ1) is 22.1. The molecule has 1 amide bonds. The number of fused-ring (bicyclic) bond motifs is 1. The molecule has 3 rings (SSSR count). The van der Waals surface area contributed by atoms with E-state index in [4.69, 9.17) is 4.98 Å². The van der Waals surface area contributed by atoms with Crippen LogP contribution in [0.25, 0.3) is 10.9 Å². The Balaban J connectivity index is 1.87. The molecule has 7 heteroatoms. The summed E-state index contributed by atoms with van der Waals surface area (Å²) < 4.78 is 1.73. The van der Waals surface area contributed by atoms with E-state index in [1.165, 1.54) is 16.7 Å². The molecule has 1 aromatic heterocycles. The van der Waals surface area contributed by atoms with Gasteiger partial charge in [-0.2, -0.15) is 0 Å². The first-order chi connectivity index (χ1) is 14.5. The number of carbonyl (C=O) groups is 1. The van der Waals surface area contributed by atoms with Crippen molar-refractivity contribution in [2.75, 3.05) is 25.0 Å². The zero-order chi connectivity index (χ0) is 21.5. The van der Waals surface area contributed by atoms with E-state index in [0.29, 0.717) is 22.6 Å². The number of benzene rings is 2. The van der Waals surface area contributed by atoms with Crippen molar-refractivity contribution < 1.29 is 9.69 Å². The van der Waals surface area contributed by atoms with E-state index in [2.05, 4.69) is 19.2 Å². The van der Waals surface area contributed by atoms with Crippen LogP contribution >= 0.6 is 11.8 Å². The number of amides is 1. The van der Waals surface area contributed by atoms with Crippen molar-refractivity contribution in [2.24, 2.45) is 0 Å². The van der Waals surface area contributed by atoms with Gasteiger partial charge in [-0.05, 0) is 45.0 Å². The molecule has 0 bridgehead atoms. The summed E-state index contributed by atoms with van der Waals surface area (Å²) in [7, 11) is 0. The maximum Gasteiger partial charge on any atom is 0.262 e. The highest BCUT2D eigenvalue weighted by molar-refractivity contribution is 8.00. The molecular weight excluding hydrogens is 396 g/mol. The second-order valence-corrected chi connectivity index (χ2v) is 8.50. The topological polar surface area (TPSA) is 68.4 Å². The van der Waals surface area contributed by atoms with Crippen molar-refractivity contribution in [1.82, 2.24) is 9.55 Å². The third-order valence-corrected chi connectivity index (χ3v) is 6.30. The lowest BCUT2D eigenvalue weighted by Gasteiger charge is -2.19. The Morgan fingerprint density at radius 3 is 2.47 bits per heavy atom. The van der Waals surface area contributed by atoms with E-state index in [0.717, 1.165) is 25.3 Å². The smallest absolute Gasteiger partial charge is 0.262 e. The van der Waals surface area contributed by atoms with E-state index in [1.54, 1.807) is 4.57 Å². The van der Waals surface area contributed by atoms with Crippen molar-refractivity contribution in [1.29, 1.82) is 0 Å². The Labute approximate surface area is 181 Å². The van der Waals surface area contributed by atoms with Gasteiger partial charge in [0, 0.05) is 5.69 Å². The first-order valence-electron chi connectivity index (χ1n) is 10.4. The fourth-order valence-corrected chi connectivity index (χ4v) is 4.22. The number of nitrogens with zero attached hydrogens (tertiary/aromatic N) is 2. The Bertz CT molecular complexity index is 1050. The molecule has 0 aliphatic heterocycles. The predicted octanol–water partition coefficient (Wildman–Crippen LogP) is 2.44. The van der Waals surface area contributed by atoms with Crippen LogP contribution in [0.2, 0.25) is 0 Å². The standard InChI is InChI=1S/C23H28N4O2S/c1-4-26(5-2)15-16-27-22(29)19-13-9-10-14-20(19)25-23(27)30-17(3)21(28)24-18-11-7-6-8-12-18/h6-14,17H,4-5,15-16H2,1-3H3,(H,24,28)/p+1/t17-/m0/s1. The molecule has 2 aromatic carbocycles. The molecule has 0 aliphatic rings. The summed E-state index contributed by atoms with van der Waals surface area (Å²) in [5, 5.41) is 3.72. The third-order valence-electron chi connectivity index (χ3n) is 5.21. The highest BCUT2D eigenvalue weighted by Gasteiger charge is 2.20. The van der Waals surface area contributed by atoms with E-state index in [1.807, 2.05) is 61.5 Å². The van der Waals surface area contributed by atoms with Crippen molar-refractivity contribution in [3.05, 3.63) is 65.0 Å². The monoisotopic (exact) mass is 425 g/mol. The van der Waals surface area contributed by atoms with E-state index in [9.17, 15) is 9.59 Å². The third kappa shape index (κ3) is 5.29. The van der Waals surface area contributed by atoms with Gasteiger partial charge in [-0.1, -0.05) is 42.1 Å². The van der Waals surface area contributed by atoms with Crippen LogP contribution in [0.3, 0.4) is 0 Å². The molecule has 0 saturated heterocycles. The van der Waals surface area contributed by atoms with Crippen LogP contribution in [-0.2, 0) is 11.3 Å². The molecule has 2 N–H and O–H groups in total. The Morgan fingerprint density at radius 1 is 1.10 bits per heavy atom. The first-order valence-corrected chi connectivity index (χ1v) is 11.3. The normalized spacial score (nSPS) is 12.3. The van der Waals surface area contributed by atoms with Gasteiger partial charge in [-0.25, -0.2) is 4.98 Å². The van der Waals surface area contributed by atoms with Gasteiger partial charge in [0.05, 0.1) is 42.3 Å². The zero-order valence-electron chi connectivity index (χ0n) is 17.7. The molecule has 1 heterocycles. The van der Waals surface area contributed by atoms with E-state index >= 15 is 0 Å². The molecule has 0 aliphatic carbocycles. The van der Waals surface area contributed by atoms with Gasteiger partial charge in [0.15, 0.2) is 5.16 Å². The summed E-state index contributed by atoms with van der Waals surface area (Å²) >= 11 is 1.32. The predicted molar refractivity (Wildman–Crippen MR) is 123 cm³/mol. The van der Waals surface area contributed by atoms with Crippen LogP contribution in [0, 0.1) is 0 Å². The number of rotatable bonds is 9. The van der Waals surface area contributed by atoms with Crippen molar-refractivity contribution in [3.63, 3.8) is 0 Å². The molecule has 0 saturated carbocycles. The van der Waals surface area contributed by atoms with Gasteiger partial charge in [-0.3, -0.25) is 14.2 Å². The second kappa shape index (κ2) is 10.4. The molecule has 0 radical (unpaired) electrons. The van der Waals surface area contributed by atoms with Gasteiger partial charge in [0.2, 0.25) is 5.91 Å². The Kier molecular flexibility index (Phi) is 7.65. The van der Waals surface area contributed by atoms with Crippen LogP contribution in [0.5, 0.6) is 0 Å². The van der Waals surface area contributed by atoms with E-state index < -0.39 is 5.25 Å². The highest BCUT2D eigenvalue weighted by Crippen LogP contribution is 2.23. The lowest BCUT2D eigenvalue weighted by molar-refractivity contribution is -0.897. The summed E-state index contributed by atoms with van der Waals surface area (Å²) in [5.74, 6) is -0.116. The number of carbonyl (C=O) groups excluding carboxylic acids is 1. The lowest BCUT2D eigenvalue weighted by Crippen LogP contribution is -3.11. The Hall–Kier alpha value is -2.64. The number of anilines is 1. The molecule has 1 atom stereocenters. The summed E-state index contributed by atoms with van der Waals surface area (Å²) in [6, 6.07) is 16.8. The maximum absolute atomic E-state index is 13.2. The van der Waals surface area contributed by atoms with Crippen LogP contribution in [-0.4, -0.2) is 40.3 Å². The number of quaternary nitrogens is 1. The van der Waals surface area contributed by atoms with E-state index in [-0.39, 0.29) is 11.5 Å². The molecule has 0 unspecified atom stereocenters. The van der Waals surface area contributed by atoms with Gasteiger partial charge < -0.3 is 10.2 Å².